The smallest absolute Gasteiger partial charge is 0.354 e. The Morgan fingerprint density at radius 1 is 1.21 bits per heavy atom. The molecule has 0 aliphatic rings. The molecule has 0 aliphatic heterocycles. The number of fused-ring (bicyclic) bond motifs is 1. The van der Waals surface area contributed by atoms with E-state index in [1.54, 1.807) is 6.07 Å². The van der Waals surface area contributed by atoms with Crippen LogP contribution in [0.3, 0.4) is 0 Å². The number of carboxylic acids is 1. The maximum absolute atomic E-state index is 10.9. The first-order valence-corrected chi connectivity index (χ1v) is 5.47. The molecule has 7 heteroatoms. The molecule has 3 aromatic rings. The lowest BCUT2D eigenvalue weighted by atomic mass is 10.3. The molecule has 0 atom stereocenters. The molecule has 0 aliphatic carbocycles. The van der Waals surface area contributed by atoms with Gasteiger partial charge in [0.15, 0.2) is 11.5 Å². The van der Waals surface area contributed by atoms with Crippen LogP contribution in [0.2, 0.25) is 0 Å². The number of nitrogens with two attached hydrogens (primary N) is 1. The minimum absolute atomic E-state index is 0.0937. The zero-order valence-electron chi connectivity index (χ0n) is 9.69. The Labute approximate surface area is 107 Å². The van der Waals surface area contributed by atoms with Gasteiger partial charge in [-0.25, -0.2) is 9.78 Å². The summed E-state index contributed by atoms with van der Waals surface area (Å²) >= 11 is 0. The van der Waals surface area contributed by atoms with Crippen molar-refractivity contribution in [3.8, 4) is 5.82 Å². The molecule has 3 N–H and O–H groups in total. The Kier molecular flexibility index (Phi) is 2.38. The first kappa shape index (κ1) is 11.1. The highest BCUT2D eigenvalue weighted by Crippen LogP contribution is 2.19. The third kappa shape index (κ3) is 1.77. The third-order valence-electron chi connectivity index (χ3n) is 2.68. The van der Waals surface area contributed by atoms with Crippen LogP contribution < -0.4 is 5.73 Å². The molecule has 0 spiro atoms. The van der Waals surface area contributed by atoms with Crippen LogP contribution in [0.25, 0.3) is 16.9 Å². The number of aromatic nitrogens is 4. The summed E-state index contributed by atoms with van der Waals surface area (Å²) in [5.41, 5.74) is 7.46. The van der Waals surface area contributed by atoms with Crippen molar-refractivity contribution in [2.24, 2.45) is 0 Å². The van der Waals surface area contributed by atoms with E-state index in [0.717, 1.165) is 0 Å². The Hall–Kier alpha value is -2.96. The number of rotatable bonds is 2. The third-order valence-corrected chi connectivity index (χ3v) is 2.68. The van der Waals surface area contributed by atoms with Crippen molar-refractivity contribution in [3.05, 3.63) is 42.1 Å². The molecule has 0 fully saturated rings. The molecule has 19 heavy (non-hydrogen) atoms. The van der Waals surface area contributed by atoms with E-state index in [0.29, 0.717) is 16.7 Å². The van der Waals surface area contributed by atoms with Crippen LogP contribution in [-0.2, 0) is 0 Å². The summed E-state index contributed by atoms with van der Waals surface area (Å²) in [6.45, 7) is 0. The second kappa shape index (κ2) is 4.05. The number of hydrogen-bond acceptors (Lipinski definition) is 5. The lowest BCUT2D eigenvalue weighted by molar-refractivity contribution is 0.0690. The summed E-state index contributed by atoms with van der Waals surface area (Å²) in [5, 5.41) is 16.9. The molecule has 1 aromatic carbocycles. The van der Waals surface area contributed by atoms with Crippen molar-refractivity contribution < 1.29 is 9.90 Å². The molecule has 94 valence electrons. The summed E-state index contributed by atoms with van der Waals surface area (Å²) in [6, 6.07) is 10.1. The van der Waals surface area contributed by atoms with Gasteiger partial charge in [-0.15, -0.1) is 5.10 Å². The minimum Gasteiger partial charge on any atom is -0.477 e. The number of aromatic carboxylic acids is 1. The fourth-order valence-electron chi connectivity index (χ4n) is 1.77. The summed E-state index contributed by atoms with van der Waals surface area (Å²) in [7, 11) is 0. The van der Waals surface area contributed by atoms with Crippen molar-refractivity contribution in [2.45, 2.75) is 0 Å². The Bertz CT molecular complexity index is 781. The fourth-order valence-corrected chi connectivity index (χ4v) is 1.77. The number of nitrogen functional groups attached to an aromatic ring is 1. The van der Waals surface area contributed by atoms with E-state index in [9.17, 15) is 4.79 Å². The van der Waals surface area contributed by atoms with E-state index >= 15 is 0 Å². The summed E-state index contributed by atoms with van der Waals surface area (Å²) in [4.78, 5) is 14.9. The number of anilines is 1. The van der Waals surface area contributed by atoms with E-state index in [1.807, 2.05) is 18.2 Å². The number of pyridine rings is 1. The van der Waals surface area contributed by atoms with Crippen LogP contribution in [0.5, 0.6) is 0 Å². The number of nitrogens with zero attached hydrogens (tertiary/aromatic N) is 4. The van der Waals surface area contributed by atoms with Crippen LogP contribution in [0, 0.1) is 0 Å². The van der Waals surface area contributed by atoms with Gasteiger partial charge in [-0.1, -0.05) is 17.3 Å². The van der Waals surface area contributed by atoms with E-state index in [2.05, 4.69) is 15.3 Å². The average molecular weight is 255 g/mol. The quantitative estimate of drug-likeness (QED) is 0.710. The van der Waals surface area contributed by atoms with Gasteiger partial charge in [0.05, 0.1) is 11.2 Å². The van der Waals surface area contributed by atoms with Gasteiger partial charge in [0.2, 0.25) is 0 Å². The topological polar surface area (TPSA) is 107 Å². The highest BCUT2D eigenvalue weighted by molar-refractivity contribution is 5.86. The van der Waals surface area contributed by atoms with Crippen LogP contribution in [-0.4, -0.2) is 31.1 Å². The van der Waals surface area contributed by atoms with E-state index in [-0.39, 0.29) is 11.5 Å². The number of hydrogen-bond donors (Lipinski definition) is 2. The highest BCUT2D eigenvalue weighted by Gasteiger charge is 2.13. The highest BCUT2D eigenvalue weighted by atomic mass is 16.4. The van der Waals surface area contributed by atoms with Crippen molar-refractivity contribution >= 4 is 22.7 Å². The predicted molar refractivity (Wildman–Crippen MR) is 68.0 cm³/mol. The Balaban J connectivity index is 2.26. The van der Waals surface area contributed by atoms with Gasteiger partial charge < -0.3 is 10.8 Å². The number of para-hydroxylation sites is 1. The molecule has 0 amide bonds. The minimum atomic E-state index is -1.12. The van der Waals surface area contributed by atoms with E-state index in [4.69, 9.17) is 10.8 Å². The molecule has 2 aromatic heterocycles. The van der Waals surface area contributed by atoms with Crippen molar-refractivity contribution in [1.82, 2.24) is 20.0 Å². The molecular formula is C12H9N5O2. The van der Waals surface area contributed by atoms with Crippen molar-refractivity contribution in [3.63, 3.8) is 0 Å². The van der Waals surface area contributed by atoms with Gasteiger partial charge in [-0.05, 0) is 24.3 Å². The zero-order chi connectivity index (χ0) is 13.4. The van der Waals surface area contributed by atoms with E-state index < -0.39 is 5.97 Å². The van der Waals surface area contributed by atoms with Gasteiger partial charge >= 0.3 is 5.97 Å². The molecule has 0 saturated carbocycles. The molecular weight excluding hydrogens is 246 g/mol. The standard InChI is InChI=1S/C12H9N5O2/c13-7-5-6-9(12(18)19)14-11(7)17-10-4-2-1-3-8(10)15-16-17/h1-6H,13H2,(H,18,19). The van der Waals surface area contributed by atoms with Gasteiger partial charge in [0.1, 0.15) is 5.52 Å². The maximum Gasteiger partial charge on any atom is 0.354 e. The molecule has 0 unspecified atom stereocenters. The molecule has 0 radical (unpaired) electrons. The number of carboxylic acid groups (broad SMARTS) is 1. The van der Waals surface area contributed by atoms with Crippen molar-refractivity contribution in [2.75, 3.05) is 5.73 Å². The number of benzene rings is 1. The predicted octanol–water partition coefficient (Wildman–Crippen LogP) is 1.10. The van der Waals surface area contributed by atoms with Gasteiger partial charge in [0, 0.05) is 0 Å². The Morgan fingerprint density at radius 3 is 2.79 bits per heavy atom. The monoisotopic (exact) mass is 255 g/mol. The molecule has 0 saturated heterocycles. The van der Waals surface area contributed by atoms with Gasteiger partial charge in [-0.2, -0.15) is 4.68 Å². The molecule has 7 nitrogen and oxygen atoms in total. The van der Waals surface area contributed by atoms with Gasteiger partial charge in [0.25, 0.3) is 0 Å². The molecule has 3 rings (SSSR count). The normalized spacial score (nSPS) is 10.7. The second-order valence-electron chi connectivity index (χ2n) is 3.90. The van der Waals surface area contributed by atoms with Crippen LogP contribution in [0.4, 0.5) is 5.69 Å². The summed E-state index contributed by atoms with van der Waals surface area (Å²) in [5.74, 6) is -0.862. The lowest BCUT2D eigenvalue weighted by Crippen LogP contribution is -2.09. The van der Waals surface area contributed by atoms with Crippen LogP contribution in [0.1, 0.15) is 10.5 Å². The first-order valence-electron chi connectivity index (χ1n) is 5.47. The average Bonchev–Trinajstić information content (AvgIpc) is 2.83. The SMILES string of the molecule is Nc1ccc(C(=O)O)nc1-n1nnc2ccccc21. The van der Waals surface area contributed by atoms with Gasteiger partial charge in [-0.3, -0.25) is 0 Å². The largest absolute Gasteiger partial charge is 0.477 e. The van der Waals surface area contributed by atoms with Crippen LogP contribution >= 0.6 is 0 Å². The summed E-state index contributed by atoms with van der Waals surface area (Å²) in [6.07, 6.45) is 0. The fraction of sp³-hybridized carbons (Fsp3) is 0. The first-order chi connectivity index (χ1) is 9.16. The number of carbonyl (C=O) groups is 1. The van der Waals surface area contributed by atoms with Crippen LogP contribution in [0.15, 0.2) is 36.4 Å². The Morgan fingerprint density at radius 2 is 2.00 bits per heavy atom. The van der Waals surface area contributed by atoms with Crippen molar-refractivity contribution in [1.29, 1.82) is 0 Å². The summed E-state index contributed by atoms with van der Waals surface area (Å²) < 4.78 is 1.43. The maximum atomic E-state index is 10.9. The molecule has 0 bridgehead atoms. The zero-order valence-corrected chi connectivity index (χ0v) is 9.69. The molecule has 2 heterocycles. The second-order valence-corrected chi connectivity index (χ2v) is 3.90. The van der Waals surface area contributed by atoms with E-state index in [1.165, 1.54) is 16.8 Å². The lowest BCUT2D eigenvalue weighted by Gasteiger charge is -2.05.